The van der Waals surface area contributed by atoms with Crippen molar-refractivity contribution in [2.45, 2.75) is 0 Å². The summed E-state index contributed by atoms with van der Waals surface area (Å²) in [6, 6.07) is 17.6. The van der Waals surface area contributed by atoms with Crippen molar-refractivity contribution in [1.82, 2.24) is 15.8 Å². The van der Waals surface area contributed by atoms with Gasteiger partial charge >= 0.3 is 0 Å². The Balaban J connectivity index is 1.56. The molecular formula is C23H19N3O5S. The van der Waals surface area contributed by atoms with E-state index in [9.17, 15) is 9.59 Å². The standard InChI is InChI=1S/C23H19N3O5S/c1-29-16-11-10-15(13-18(16)30-2)21(27)25-26-22(28)20-19(14-7-4-3-5-8-14)24-23(32-20)17-9-6-12-31-17/h3-13H,1-2H3,(H,25,27)(H,26,28). The lowest BCUT2D eigenvalue weighted by Crippen LogP contribution is -2.41. The van der Waals surface area contributed by atoms with Crippen LogP contribution < -0.4 is 20.3 Å². The normalized spacial score (nSPS) is 10.4. The Bertz CT molecular complexity index is 1240. The fourth-order valence-electron chi connectivity index (χ4n) is 2.99. The number of carbonyl (C=O) groups is 2. The number of carbonyl (C=O) groups excluding carboxylic acids is 2. The average Bonchev–Trinajstić information content (AvgIpc) is 3.52. The van der Waals surface area contributed by atoms with Crippen LogP contribution in [-0.4, -0.2) is 31.0 Å². The minimum Gasteiger partial charge on any atom is -0.493 e. The largest absolute Gasteiger partial charge is 0.493 e. The van der Waals surface area contributed by atoms with Gasteiger partial charge in [0.05, 0.1) is 26.2 Å². The summed E-state index contributed by atoms with van der Waals surface area (Å²) >= 11 is 1.17. The Kier molecular flexibility index (Phi) is 6.18. The first-order chi connectivity index (χ1) is 15.6. The highest BCUT2D eigenvalue weighted by molar-refractivity contribution is 7.17. The van der Waals surface area contributed by atoms with Crippen molar-refractivity contribution in [1.29, 1.82) is 0 Å². The van der Waals surface area contributed by atoms with Crippen molar-refractivity contribution in [2.75, 3.05) is 14.2 Å². The molecule has 2 amide bonds. The van der Waals surface area contributed by atoms with Gasteiger partial charge in [-0.15, -0.1) is 11.3 Å². The number of aromatic nitrogens is 1. The van der Waals surface area contributed by atoms with Gasteiger partial charge in [-0.05, 0) is 30.3 Å². The summed E-state index contributed by atoms with van der Waals surface area (Å²) in [4.78, 5) is 30.4. The monoisotopic (exact) mass is 449 g/mol. The Hall–Kier alpha value is -4.11. The second-order valence-electron chi connectivity index (χ2n) is 6.52. The predicted octanol–water partition coefficient (Wildman–Crippen LogP) is 4.16. The van der Waals surface area contributed by atoms with E-state index in [4.69, 9.17) is 13.9 Å². The quantitative estimate of drug-likeness (QED) is 0.429. The maximum Gasteiger partial charge on any atom is 0.282 e. The van der Waals surface area contributed by atoms with Gasteiger partial charge in [-0.3, -0.25) is 20.4 Å². The lowest BCUT2D eigenvalue weighted by molar-refractivity contribution is 0.0849. The van der Waals surface area contributed by atoms with Gasteiger partial charge in [0.25, 0.3) is 11.8 Å². The molecule has 0 aliphatic rings. The summed E-state index contributed by atoms with van der Waals surface area (Å²) < 4.78 is 15.8. The maximum absolute atomic E-state index is 13.0. The Morgan fingerprint density at radius 3 is 2.34 bits per heavy atom. The molecule has 9 heteroatoms. The first-order valence-electron chi connectivity index (χ1n) is 9.53. The summed E-state index contributed by atoms with van der Waals surface area (Å²) in [5.74, 6) is 0.462. The molecule has 0 fully saturated rings. The van der Waals surface area contributed by atoms with Gasteiger partial charge in [-0.2, -0.15) is 0 Å². The van der Waals surface area contributed by atoms with Gasteiger partial charge in [-0.1, -0.05) is 30.3 Å². The van der Waals surface area contributed by atoms with Crippen LogP contribution in [0.1, 0.15) is 20.0 Å². The van der Waals surface area contributed by atoms with E-state index in [0.717, 1.165) is 5.56 Å². The molecule has 4 aromatic rings. The van der Waals surface area contributed by atoms with E-state index in [-0.39, 0.29) is 0 Å². The number of hydrogen-bond acceptors (Lipinski definition) is 7. The molecule has 32 heavy (non-hydrogen) atoms. The molecular weight excluding hydrogens is 430 g/mol. The number of ether oxygens (including phenoxy) is 2. The topological polar surface area (TPSA) is 103 Å². The molecule has 0 spiro atoms. The number of hydrazine groups is 1. The molecule has 0 saturated carbocycles. The van der Waals surface area contributed by atoms with Gasteiger partial charge in [0.15, 0.2) is 22.3 Å². The zero-order chi connectivity index (χ0) is 22.5. The van der Waals surface area contributed by atoms with Gasteiger partial charge in [0.2, 0.25) is 0 Å². The van der Waals surface area contributed by atoms with Crippen LogP contribution >= 0.6 is 11.3 Å². The Morgan fingerprint density at radius 2 is 1.66 bits per heavy atom. The fraction of sp³-hybridized carbons (Fsp3) is 0.0870. The summed E-state index contributed by atoms with van der Waals surface area (Å²) in [7, 11) is 2.99. The van der Waals surface area contributed by atoms with Crippen LogP contribution in [-0.2, 0) is 0 Å². The molecule has 4 rings (SSSR count). The van der Waals surface area contributed by atoms with E-state index in [0.29, 0.717) is 38.4 Å². The molecule has 0 saturated heterocycles. The lowest BCUT2D eigenvalue weighted by Gasteiger charge is -2.10. The molecule has 8 nitrogen and oxygen atoms in total. The summed E-state index contributed by atoms with van der Waals surface area (Å²) in [5, 5.41) is 0.560. The van der Waals surface area contributed by atoms with Crippen LogP contribution in [0.4, 0.5) is 0 Å². The van der Waals surface area contributed by atoms with Crippen molar-refractivity contribution in [3.63, 3.8) is 0 Å². The SMILES string of the molecule is COc1ccc(C(=O)NNC(=O)c2sc(-c3ccco3)nc2-c2ccccc2)cc1OC. The highest BCUT2D eigenvalue weighted by atomic mass is 32.1. The minimum absolute atomic E-state index is 0.298. The number of furan rings is 1. The minimum atomic E-state index is -0.503. The van der Waals surface area contributed by atoms with Gasteiger partial charge < -0.3 is 13.9 Å². The lowest BCUT2D eigenvalue weighted by atomic mass is 10.1. The van der Waals surface area contributed by atoms with Crippen molar-refractivity contribution < 1.29 is 23.5 Å². The number of nitrogens with zero attached hydrogens (tertiary/aromatic N) is 1. The number of rotatable bonds is 6. The number of methoxy groups -OCH3 is 2. The van der Waals surface area contributed by atoms with Crippen LogP contribution in [0.2, 0.25) is 0 Å². The first kappa shape index (κ1) is 21.1. The van der Waals surface area contributed by atoms with E-state index in [2.05, 4.69) is 15.8 Å². The number of benzene rings is 2. The van der Waals surface area contributed by atoms with Gasteiger partial charge in [0, 0.05) is 11.1 Å². The summed E-state index contributed by atoms with van der Waals surface area (Å²) in [6.45, 7) is 0. The van der Waals surface area contributed by atoms with E-state index in [1.54, 1.807) is 30.5 Å². The number of hydrogen-bond donors (Lipinski definition) is 2. The molecule has 0 atom stereocenters. The second-order valence-corrected chi connectivity index (χ2v) is 7.52. The molecule has 162 valence electrons. The molecule has 0 radical (unpaired) electrons. The first-order valence-corrected chi connectivity index (χ1v) is 10.3. The molecule has 2 aromatic heterocycles. The van der Waals surface area contributed by atoms with Crippen LogP contribution in [0.15, 0.2) is 71.3 Å². The zero-order valence-corrected chi connectivity index (χ0v) is 18.1. The average molecular weight is 449 g/mol. The maximum atomic E-state index is 13.0. The Morgan fingerprint density at radius 1 is 0.906 bits per heavy atom. The van der Waals surface area contributed by atoms with Crippen molar-refractivity contribution in [3.05, 3.63) is 77.4 Å². The molecule has 0 bridgehead atoms. The third kappa shape index (κ3) is 4.33. The molecule has 2 heterocycles. The van der Waals surface area contributed by atoms with Gasteiger partial charge in [-0.25, -0.2) is 4.98 Å². The number of amides is 2. The third-order valence-corrected chi connectivity index (χ3v) is 5.62. The molecule has 2 aromatic carbocycles. The van der Waals surface area contributed by atoms with Crippen molar-refractivity contribution >= 4 is 23.2 Å². The van der Waals surface area contributed by atoms with E-state index >= 15 is 0 Å². The molecule has 2 N–H and O–H groups in total. The molecule has 0 aliphatic carbocycles. The predicted molar refractivity (Wildman–Crippen MR) is 120 cm³/mol. The van der Waals surface area contributed by atoms with Crippen LogP contribution in [0.25, 0.3) is 22.0 Å². The highest BCUT2D eigenvalue weighted by Gasteiger charge is 2.22. The summed E-state index contributed by atoms with van der Waals surface area (Å²) in [5.41, 5.74) is 6.46. The van der Waals surface area contributed by atoms with Crippen LogP contribution in [0.5, 0.6) is 11.5 Å². The van der Waals surface area contributed by atoms with E-state index in [1.165, 1.54) is 31.6 Å². The third-order valence-electron chi connectivity index (χ3n) is 4.55. The Labute approximate surface area is 187 Å². The van der Waals surface area contributed by atoms with Crippen LogP contribution in [0, 0.1) is 0 Å². The fourth-order valence-corrected chi connectivity index (χ4v) is 3.94. The second kappa shape index (κ2) is 9.36. The van der Waals surface area contributed by atoms with E-state index < -0.39 is 11.8 Å². The van der Waals surface area contributed by atoms with Gasteiger partial charge in [0.1, 0.15) is 4.88 Å². The molecule has 0 aliphatic heterocycles. The number of thiazole rings is 1. The molecule has 0 unspecified atom stereocenters. The van der Waals surface area contributed by atoms with Crippen molar-refractivity contribution in [3.8, 4) is 33.5 Å². The highest BCUT2D eigenvalue weighted by Crippen LogP contribution is 2.34. The number of nitrogens with one attached hydrogen (secondary N) is 2. The van der Waals surface area contributed by atoms with Crippen LogP contribution in [0.3, 0.4) is 0 Å². The van der Waals surface area contributed by atoms with Crippen molar-refractivity contribution in [2.24, 2.45) is 0 Å². The zero-order valence-electron chi connectivity index (χ0n) is 17.2. The summed E-state index contributed by atoms with van der Waals surface area (Å²) in [6.07, 6.45) is 1.54. The smallest absolute Gasteiger partial charge is 0.282 e. The van der Waals surface area contributed by atoms with E-state index in [1.807, 2.05) is 30.3 Å².